The van der Waals surface area contributed by atoms with Crippen LogP contribution in [0.4, 0.5) is 0 Å². The van der Waals surface area contributed by atoms with E-state index in [0.717, 1.165) is 17.9 Å². The molecule has 1 heterocycles. The maximum atomic E-state index is 11.9. The van der Waals surface area contributed by atoms with E-state index in [9.17, 15) is 4.79 Å². The molecule has 7 heteroatoms. The molecule has 7 nitrogen and oxygen atoms in total. The Morgan fingerprint density at radius 2 is 1.93 bits per heavy atom. The summed E-state index contributed by atoms with van der Waals surface area (Å²) in [5.74, 6) is 2.29. The number of hydrogen-bond donors (Lipinski definition) is 1. The zero-order valence-electron chi connectivity index (χ0n) is 16.4. The number of methoxy groups -OCH3 is 1. The number of nitrogens with zero attached hydrogens (tertiary/aromatic N) is 3. The van der Waals surface area contributed by atoms with Gasteiger partial charge in [0.15, 0.2) is 5.96 Å². The number of guanidine groups is 1. The number of carbonyl (C=O) groups excluding carboxylic acids is 1. The minimum atomic E-state index is -0.0455. The molecule has 0 radical (unpaired) electrons. The summed E-state index contributed by atoms with van der Waals surface area (Å²) in [6.45, 7) is 1.36. The van der Waals surface area contributed by atoms with Crippen LogP contribution >= 0.6 is 0 Å². The molecule has 0 bridgehead atoms. The van der Waals surface area contributed by atoms with Gasteiger partial charge >= 0.3 is 0 Å². The zero-order valence-corrected chi connectivity index (χ0v) is 16.4. The second-order valence-corrected chi connectivity index (χ2v) is 6.39. The molecule has 0 saturated carbocycles. The van der Waals surface area contributed by atoms with Crippen LogP contribution in [-0.4, -0.2) is 63.0 Å². The number of ether oxygens (including phenoxy) is 1. The van der Waals surface area contributed by atoms with Gasteiger partial charge in [-0.15, -0.1) is 0 Å². The molecule has 0 unspecified atom stereocenters. The fraction of sp³-hybridized carbons (Fsp3) is 0.400. The van der Waals surface area contributed by atoms with Crippen LogP contribution in [-0.2, 0) is 17.8 Å². The minimum Gasteiger partial charge on any atom is -0.497 e. The lowest BCUT2D eigenvalue weighted by Crippen LogP contribution is -2.40. The lowest BCUT2D eigenvalue weighted by Gasteiger charge is -2.22. The van der Waals surface area contributed by atoms with E-state index in [-0.39, 0.29) is 12.5 Å². The van der Waals surface area contributed by atoms with Crippen molar-refractivity contribution in [2.75, 3.05) is 41.3 Å². The highest BCUT2D eigenvalue weighted by Gasteiger charge is 2.10. The predicted octanol–water partition coefficient (Wildman–Crippen LogP) is 2.00. The van der Waals surface area contributed by atoms with Crippen molar-refractivity contribution in [2.24, 2.45) is 4.99 Å². The maximum Gasteiger partial charge on any atom is 0.243 e. The Bertz CT molecular complexity index is 724. The highest BCUT2D eigenvalue weighted by atomic mass is 16.5. The van der Waals surface area contributed by atoms with Gasteiger partial charge in [0.1, 0.15) is 18.1 Å². The Balaban J connectivity index is 1.97. The first-order valence-corrected chi connectivity index (χ1v) is 8.84. The number of nitrogens with one attached hydrogen (secondary N) is 1. The van der Waals surface area contributed by atoms with Crippen LogP contribution in [0.15, 0.2) is 52.1 Å². The molecule has 0 atom stereocenters. The summed E-state index contributed by atoms with van der Waals surface area (Å²) in [4.78, 5) is 19.8. The summed E-state index contributed by atoms with van der Waals surface area (Å²) in [6, 6.07) is 11.7. The summed E-state index contributed by atoms with van der Waals surface area (Å²) in [6.07, 6.45) is 2.48. The Labute approximate surface area is 160 Å². The fourth-order valence-corrected chi connectivity index (χ4v) is 2.42. The number of aliphatic imine (C=N–C) groups is 1. The average Bonchev–Trinajstić information content (AvgIpc) is 3.17. The van der Waals surface area contributed by atoms with Gasteiger partial charge in [0.2, 0.25) is 5.91 Å². The van der Waals surface area contributed by atoms with Gasteiger partial charge in [0.05, 0.1) is 19.9 Å². The maximum absolute atomic E-state index is 11.9. The van der Waals surface area contributed by atoms with Gasteiger partial charge in [0.25, 0.3) is 0 Å². The van der Waals surface area contributed by atoms with Crippen LogP contribution < -0.4 is 10.1 Å². The SMILES string of the molecule is COc1ccc(CCNC(=NCC(=O)N(C)C)N(C)Cc2ccco2)cc1. The molecule has 2 aromatic rings. The molecule has 146 valence electrons. The van der Waals surface area contributed by atoms with E-state index >= 15 is 0 Å². The number of rotatable bonds is 8. The van der Waals surface area contributed by atoms with E-state index in [4.69, 9.17) is 9.15 Å². The Kier molecular flexibility index (Phi) is 7.73. The fourth-order valence-electron chi connectivity index (χ4n) is 2.42. The van der Waals surface area contributed by atoms with Gasteiger partial charge in [0, 0.05) is 27.7 Å². The molecule has 0 aliphatic rings. The van der Waals surface area contributed by atoms with E-state index in [1.165, 1.54) is 10.5 Å². The van der Waals surface area contributed by atoms with Crippen LogP contribution in [0, 0.1) is 0 Å². The van der Waals surface area contributed by atoms with Crippen molar-refractivity contribution >= 4 is 11.9 Å². The topological polar surface area (TPSA) is 70.3 Å². The smallest absolute Gasteiger partial charge is 0.243 e. The third-order valence-electron chi connectivity index (χ3n) is 4.05. The molecule has 2 rings (SSSR count). The number of carbonyl (C=O) groups is 1. The van der Waals surface area contributed by atoms with Crippen molar-refractivity contribution in [3.63, 3.8) is 0 Å². The normalized spacial score (nSPS) is 11.2. The van der Waals surface area contributed by atoms with Crippen molar-refractivity contribution in [1.82, 2.24) is 15.1 Å². The zero-order chi connectivity index (χ0) is 19.6. The molecule has 0 fully saturated rings. The average molecular weight is 372 g/mol. The molecule has 0 aliphatic heterocycles. The Morgan fingerprint density at radius 3 is 2.52 bits per heavy atom. The summed E-state index contributed by atoms with van der Waals surface area (Å²) in [5.41, 5.74) is 1.20. The monoisotopic (exact) mass is 372 g/mol. The highest BCUT2D eigenvalue weighted by molar-refractivity contribution is 5.84. The molecule has 0 saturated heterocycles. The first-order chi connectivity index (χ1) is 13.0. The molecule has 27 heavy (non-hydrogen) atoms. The van der Waals surface area contributed by atoms with E-state index in [1.54, 1.807) is 27.5 Å². The molecule has 1 aromatic heterocycles. The summed E-state index contributed by atoms with van der Waals surface area (Å²) < 4.78 is 10.6. The third-order valence-corrected chi connectivity index (χ3v) is 4.05. The van der Waals surface area contributed by atoms with Crippen molar-refractivity contribution in [2.45, 2.75) is 13.0 Å². The summed E-state index contributed by atoms with van der Waals surface area (Å²) in [7, 11) is 7.02. The largest absolute Gasteiger partial charge is 0.497 e. The lowest BCUT2D eigenvalue weighted by molar-refractivity contribution is -0.127. The van der Waals surface area contributed by atoms with Crippen LogP contribution in [0.5, 0.6) is 5.75 Å². The number of hydrogen-bond acceptors (Lipinski definition) is 4. The molecule has 1 aromatic carbocycles. The molecular weight excluding hydrogens is 344 g/mol. The minimum absolute atomic E-state index is 0.0455. The van der Waals surface area contributed by atoms with Gasteiger partial charge in [-0.2, -0.15) is 0 Å². The van der Waals surface area contributed by atoms with Crippen LogP contribution in [0.2, 0.25) is 0 Å². The Morgan fingerprint density at radius 1 is 1.19 bits per heavy atom. The van der Waals surface area contributed by atoms with Crippen LogP contribution in [0.1, 0.15) is 11.3 Å². The van der Waals surface area contributed by atoms with Crippen molar-refractivity contribution in [3.8, 4) is 5.75 Å². The predicted molar refractivity (Wildman–Crippen MR) is 106 cm³/mol. The quantitative estimate of drug-likeness (QED) is 0.567. The standard InChI is InChI=1S/C20H28N4O3/c1-23(2)19(25)14-22-20(24(3)15-18-6-5-13-27-18)21-12-11-16-7-9-17(26-4)10-8-16/h5-10,13H,11-12,14-15H2,1-4H3,(H,21,22). The molecule has 1 amide bonds. The molecule has 1 N–H and O–H groups in total. The molecule has 0 aliphatic carbocycles. The number of amides is 1. The van der Waals surface area contributed by atoms with E-state index < -0.39 is 0 Å². The first kappa shape index (κ1) is 20.4. The number of furan rings is 1. The Hall–Kier alpha value is -2.96. The molecule has 0 spiro atoms. The lowest BCUT2D eigenvalue weighted by atomic mass is 10.1. The second-order valence-electron chi connectivity index (χ2n) is 6.39. The van der Waals surface area contributed by atoms with Gasteiger partial charge in [-0.05, 0) is 36.2 Å². The van der Waals surface area contributed by atoms with E-state index in [0.29, 0.717) is 19.0 Å². The van der Waals surface area contributed by atoms with Gasteiger partial charge < -0.3 is 24.3 Å². The van der Waals surface area contributed by atoms with Gasteiger partial charge in [-0.1, -0.05) is 12.1 Å². The van der Waals surface area contributed by atoms with Crippen LogP contribution in [0.25, 0.3) is 0 Å². The van der Waals surface area contributed by atoms with E-state index in [1.807, 2.05) is 48.3 Å². The second kappa shape index (κ2) is 10.3. The summed E-state index contributed by atoms with van der Waals surface area (Å²) in [5, 5.41) is 3.34. The highest BCUT2D eigenvalue weighted by Crippen LogP contribution is 2.11. The van der Waals surface area contributed by atoms with Crippen molar-refractivity contribution < 1.29 is 13.9 Å². The van der Waals surface area contributed by atoms with E-state index in [2.05, 4.69) is 10.3 Å². The molecular formula is C20H28N4O3. The van der Waals surface area contributed by atoms with Crippen molar-refractivity contribution in [1.29, 1.82) is 0 Å². The van der Waals surface area contributed by atoms with Crippen molar-refractivity contribution in [3.05, 3.63) is 54.0 Å². The third kappa shape index (κ3) is 6.69. The van der Waals surface area contributed by atoms with Crippen LogP contribution in [0.3, 0.4) is 0 Å². The summed E-state index contributed by atoms with van der Waals surface area (Å²) >= 11 is 0. The number of benzene rings is 1. The van der Waals surface area contributed by atoms with Gasteiger partial charge in [-0.3, -0.25) is 4.79 Å². The van der Waals surface area contributed by atoms with Gasteiger partial charge in [-0.25, -0.2) is 4.99 Å². The first-order valence-electron chi connectivity index (χ1n) is 8.84. The number of likely N-dealkylation sites (N-methyl/N-ethyl adjacent to an activating group) is 1.